The van der Waals surface area contributed by atoms with E-state index >= 15 is 0 Å². The maximum atomic E-state index is 13.8. The Morgan fingerprint density at radius 2 is 1.43 bits per heavy atom. The van der Waals surface area contributed by atoms with Crippen LogP contribution in [-0.2, 0) is 38.4 Å². The number of hydrogen-bond acceptors (Lipinski definition) is 7. The number of aliphatic carboxylic acids is 1. The average molecular weight is 578 g/mol. The summed E-state index contributed by atoms with van der Waals surface area (Å²) in [6.45, 7) is 3.33. The fourth-order valence-electron chi connectivity index (χ4n) is 4.60. The number of fused-ring (bicyclic) bond motifs is 1. The van der Waals surface area contributed by atoms with Crippen LogP contribution in [0, 0.1) is 5.92 Å². The van der Waals surface area contributed by atoms with Gasteiger partial charge in [0.25, 0.3) is 0 Å². The SMILES string of the molecule is CC(C)C(NC(=O)C(Cc1cnc[nH]1)NC(=O)C(Cc1c[nH]c2ccccc12)NC(=O)C(N)Cc1cnc[nH]1)C(=O)O. The van der Waals surface area contributed by atoms with Crippen molar-refractivity contribution in [1.29, 1.82) is 0 Å². The van der Waals surface area contributed by atoms with Gasteiger partial charge in [-0.1, -0.05) is 32.0 Å². The lowest BCUT2D eigenvalue weighted by atomic mass is 10.0. The quantitative estimate of drug-likeness (QED) is 0.103. The summed E-state index contributed by atoms with van der Waals surface area (Å²) in [6.07, 6.45) is 8.01. The molecule has 0 saturated heterocycles. The number of imidazole rings is 2. The molecule has 0 saturated carbocycles. The van der Waals surface area contributed by atoms with E-state index in [1.54, 1.807) is 26.2 Å². The number of benzene rings is 1. The van der Waals surface area contributed by atoms with Crippen molar-refractivity contribution in [2.75, 3.05) is 0 Å². The Kier molecular flexibility index (Phi) is 9.70. The van der Waals surface area contributed by atoms with Gasteiger partial charge in [0.1, 0.15) is 18.1 Å². The summed E-state index contributed by atoms with van der Waals surface area (Å²) >= 11 is 0. The zero-order valence-corrected chi connectivity index (χ0v) is 23.3. The number of aromatic amines is 3. The number of aromatic nitrogens is 5. The molecule has 4 unspecified atom stereocenters. The number of hydrogen-bond donors (Lipinski definition) is 8. The standard InChI is InChI=1S/C28H35N9O5/c1-15(2)24(28(41)42)37-27(40)23(9-18-12-31-14-34-18)36-26(39)22(7-16-10-32-21-6-4-3-5-19(16)21)35-25(38)20(29)8-17-11-30-13-33-17/h3-6,10-15,20,22-24,32H,7-9,29H2,1-2H3,(H,30,33)(H,31,34)(H,35,38)(H,36,39)(H,37,40)(H,41,42). The van der Waals surface area contributed by atoms with Crippen LogP contribution < -0.4 is 21.7 Å². The minimum absolute atomic E-state index is 0.00903. The van der Waals surface area contributed by atoms with E-state index in [0.717, 1.165) is 16.5 Å². The Bertz CT molecular complexity index is 1500. The predicted molar refractivity (Wildman–Crippen MR) is 153 cm³/mol. The van der Waals surface area contributed by atoms with E-state index < -0.39 is 53.8 Å². The molecule has 9 N–H and O–H groups in total. The van der Waals surface area contributed by atoms with Crippen molar-refractivity contribution in [1.82, 2.24) is 40.9 Å². The van der Waals surface area contributed by atoms with E-state index in [-0.39, 0.29) is 19.3 Å². The molecule has 0 radical (unpaired) electrons. The van der Waals surface area contributed by atoms with Gasteiger partial charge in [-0.2, -0.15) is 0 Å². The topological polar surface area (TPSA) is 224 Å². The second kappa shape index (κ2) is 13.6. The number of nitrogens with zero attached hydrogens (tertiary/aromatic N) is 2. The first-order chi connectivity index (χ1) is 20.1. The van der Waals surface area contributed by atoms with Crippen molar-refractivity contribution in [3.05, 3.63) is 72.5 Å². The van der Waals surface area contributed by atoms with Gasteiger partial charge in [0, 0.05) is 60.1 Å². The van der Waals surface area contributed by atoms with Gasteiger partial charge >= 0.3 is 5.97 Å². The summed E-state index contributed by atoms with van der Waals surface area (Å²) < 4.78 is 0. The van der Waals surface area contributed by atoms with Crippen LogP contribution in [0.1, 0.15) is 30.8 Å². The molecule has 0 bridgehead atoms. The normalized spacial score (nSPS) is 14.2. The van der Waals surface area contributed by atoms with Crippen LogP contribution >= 0.6 is 0 Å². The zero-order chi connectivity index (χ0) is 30.2. The predicted octanol–water partition coefficient (Wildman–Crippen LogP) is 0.164. The van der Waals surface area contributed by atoms with Crippen molar-refractivity contribution in [3.63, 3.8) is 0 Å². The number of amides is 3. The Labute approximate surface area is 241 Å². The van der Waals surface area contributed by atoms with Crippen LogP contribution in [0.25, 0.3) is 10.9 Å². The third-order valence-electron chi connectivity index (χ3n) is 6.91. The number of carbonyl (C=O) groups excluding carboxylic acids is 3. The molecule has 1 aromatic carbocycles. The zero-order valence-electron chi connectivity index (χ0n) is 23.3. The lowest BCUT2D eigenvalue weighted by molar-refractivity contribution is -0.143. The maximum absolute atomic E-state index is 13.8. The molecule has 3 amide bonds. The van der Waals surface area contributed by atoms with Gasteiger partial charge in [-0.05, 0) is 17.5 Å². The van der Waals surface area contributed by atoms with Gasteiger partial charge in [-0.25, -0.2) is 14.8 Å². The molecule has 0 fully saturated rings. The molecule has 4 rings (SSSR count). The van der Waals surface area contributed by atoms with Crippen LogP contribution in [0.2, 0.25) is 0 Å². The van der Waals surface area contributed by atoms with Crippen LogP contribution in [0.15, 0.2) is 55.5 Å². The largest absolute Gasteiger partial charge is 0.480 e. The number of carbonyl (C=O) groups is 4. The van der Waals surface area contributed by atoms with Gasteiger partial charge in [0.05, 0.1) is 18.7 Å². The summed E-state index contributed by atoms with van der Waals surface area (Å²) in [5, 5.41) is 18.4. The molecule has 222 valence electrons. The highest BCUT2D eigenvalue weighted by Crippen LogP contribution is 2.19. The highest BCUT2D eigenvalue weighted by atomic mass is 16.4. The molecule has 4 aromatic rings. The second-order valence-corrected chi connectivity index (χ2v) is 10.4. The molecule has 3 aromatic heterocycles. The maximum Gasteiger partial charge on any atom is 0.326 e. The molecule has 0 aliphatic carbocycles. The van der Waals surface area contributed by atoms with Gasteiger partial charge in [-0.3, -0.25) is 14.4 Å². The molecular formula is C28H35N9O5. The van der Waals surface area contributed by atoms with Crippen molar-refractivity contribution in [3.8, 4) is 0 Å². The average Bonchev–Trinajstić information content (AvgIpc) is 3.73. The lowest BCUT2D eigenvalue weighted by Crippen LogP contribution is -2.58. The molecule has 4 atom stereocenters. The summed E-state index contributed by atoms with van der Waals surface area (Å²) in [5.74, 6) is -3.49. The fraction of sp³-hybridized carbons (Fsp3) is 0.357. The highest BCUT2D eigenvalue weighted by molar-refractivity contribution is 5.95. The third kappa shape index (κ3) is 7.60. The van der Waals surface area contributed by atoms with Crippen LogP contribution in [0.3, 0.4) is 0 Å². The first-order valence-electron chi connectivity index (χ1n) is 13.5. The number of carboxylic acids is 1. The van der Waals surface area contributed by atoms with Crippen molar-refractivity contribution >= 4 is 34.6 Å². The number of H-pyrrole nitrogens is 3. The number of carboxylic acid groups (broad SMARTS) is 1. The van der Waals surface area contributed by atoms with Crippen molar-refractivity contribution < 1.29 is 24.3 Å². The van der Waals surface area contributed by atoms with E-state index in [2.05, 4.69) is 40.9 Å². The monoisotopic (exact) mass is 577 g/mol. The number of nitrogens with two attached hydrogens (primary N) is 1. The van der Waals surface area contributed by atoms with Crippen molar-refractivity contribution in [2.45, 2.75) is 57.3 Å². The van der Waals surface area contributed by atoms with Gasteiger partial charge in [0.2, 0.25) is 17.7 Å². The van der Waals surface area contributed by atoms with Gasteiger partial charge < -0.3 is 41.7 Å². The minimum atomic E-state index is -1.19. The summed E-state index contributed by atoms with van der Waals surface area (Å²) in [7, 11) is 0. The molecule has 0 aliphatic heterocycles. The molecule has 0 spiro atoms. The fourth-order valence-corrected chi connectivity index (χ4v) is 4.60. The Balaban J connectivity index is 1.57. The summed E-state index contributed by atoms with van der Waals surface area (Å²) in [4.78, 5) is 68.8. The molecule has 14 heteroatoms. The molecule has 3 heterocycles. The van der Waals surface area contributed by atoms with Crippen molar-refractivity contribution in [2.24, 2.45) is 11.7 Å². The Morgan fingerprint density at radius 1 is 0.833 bits per heavy atom. The van der Waals surface area contributed by atoms with E-state index in [4.69, 9.17) is 5.73 Å². The molecular weight excluding hydrogens is 542 g/mol. The Hall–Kier alpha value is -4.98. The first kappa shape index (κ1) is 30.0. The highest BCUT2D eigenvalue weighted by Gasteiger charge is 2.32. The molecule has 0 aliphatic rings. The number of nitrogens with one attached hydrogen (secondary N) is 6. The van der Waals surface area contributed by atoms with Gasteiger partial charge in [-0.15, -0.1) is 0 Å². The number of rotatable bonds is 14. The second-order valence-electron chi connectivity index (χ2n) is 10.4. The third-order valence-corrected chi connectivity index (χ3v) is 6.91. The van der Waals surface area contributed by atoms with Crippen LogP contribution in [0.4, 0.5) is 0 Å². The lowest BCUT2D eigenvalue weighted by Gasteiger charge is -2.26. The van der Waals surface area contributed by atoms with E-state index in [1.807, 2.05) is 24.3 Å². The van der Waals surface area contributed by atoms with E-state index in [1.165, 1.54) is 18.9 Å². The first-order valence-corrected chi connectivity index (χ1v) is 13.5. The van der Waals surface area contributed by atoms with Crippen LogP contribution in [0.5, 0.6) is 0 Å². The summed E-state index contributed by atoms with van der Waals surface area (Å²) in [5.41, 5.74) is 8.98. The summed E-state index contributed by atoms with van der Waals surface area (Å²) in [6, 6.07) is 3.12. The van der Waals surface area contributed by atoms with Gasteiger partial charge in [0.15, 0.2) is 0 Å². The minimum Gasteiger partial charge on any atom is -0.480 e. The van der Waals surface area contributed by atoms with Crippen LogP contribution in [-0.4, -0.2) is 77.9 Å². The molecule has 42 heavy (non-hydrogen) atoms. The molecule has 14 nitrogen and oxygen atoms in total. The number of para-hydroxylation sites is 1. The van der Waals surface area contributed by atoms with E-state index in [0.29, 0.717) is 11.4 Å². The smallest absolute Gasteiger partial charge is 0.326 e. The Morgan fingerprint density at radius 3 is 2.05 bits per heavy atom. The van der Waals surface area contributed by atoms with E-state index in [9.17, 15) is 24.3 Å².